The van der Waals surface area contributed by atoms with E-state index in [4.69, 9.17) is 11.6 Å². The molecule has 0 saturated heterocycles. The normalized spacial score (nSPS) is 13.0. The van der Waals surface area contributed by atoms with Crippen LogP contribution >= 0.6 is 11.6 Å². The van der Waals surface area contributed by atoms with Gasteiger partial charge in [0.05, 0.1) is 11.4 Å². The van der Waals surface area contributed by atoms with Gasteiger partial charge in [-0.1, -0.05) is 141 Å². The fourth-order valence-electron chi connectivity index (χ4n) is 6.41. The molecule has 0 radical (unpaired) electrons. The lowest BCUT2D eigenvalue weighted by atomic mass is 9.81. The number of anilines is 3. The molecule has 1 aliphatic rings. The summed E-state index contributed by atoms with van der Waals surface area (Å²) in [6.07, 6.45) is 0. The van der Waals surface area contributed by atoms with E-state index in [0.717, 1.165) is 16.9 Å². The summed E-state index contributed by atoms with van der Waals surface area (Å²) >= 11 is 6.62. The third kappa shape index (κ3) is 4.34. The van der Waals surface area contributed by atoms with Crippen LogP contribution in [0.5, 0.6) is 0 Å². The van der Waals surface area contributed by atoms with E-state index >= 15 is 0 Å². The van der Waals surface area contributed by atoms with Crippen LogP contribution < -0.4 is 4.90 Å². The van der Waals surface area contributed by atoms with Crippen molar-refractivity contribution >= 4 is 28.7 Å². The monoisotopic (exact) mass is 547 g/mol. The number of para-hydroxylation sites is 1. The molecule has 1 aliphatic carbocycles. The molecule has 0 spiro atoms. The number of fused-ring (bicyclic) bond motifs is 3. The van der Waals surface area contributed by atoms with Gasteiger partial charge in [0.1, 0.15) is 0 Å². The molecule has 41 heavy (non-hydrogen) atoms. The Hall–Kier alpha value is -4.59. The fourth-order valence-corrected chi connectivity index (χ4v) is 6.60. The van der Waals surface area contributed by atoms with Crippen molar-refractivity contribution in [3.05, 3.63) is 162 Å². The topological polar surface area (TPSA) is 3.24 Å². The molecule has 0 N–H and O–H groups in total. The van der Waals surface area contributed by atoms with E-state index in [1.807, 2.05) is 12.1 Å². The summed E-state index contributed by atoms with van der Waals surface area (Å²) in [5, 5.41) is 0.715. The van der Waals surface area contributed by atoms with Gasteiger partial charge < -0.3 is 4.90 Å². The molecule has 6 aromatic carbocycles. The molecule has 0 amide bonds. The van der Waals surface area contributed by atoms with Crippen molar-refractivity contribution in [3.63, 3.8) is 0 Å². The first-order valence-electron chi connectivity index (χ1n) is 14.1. The van der Waals surface area contributed by atoms with E-state index in [1.54, 1.807) is 0 Å². The van der Waals surface area contributed by atoms with E-state index in [9.17, 15) is 0 Å². The van der Waals surface area contributed by atoms with E-state index in [-0.39, 0.29) is 5.41 Å². The maximum atomic E-state index is 6.62. The SMILES string of the molecule is CC1(C)c2ccccc2-c2cccc(N(c3cccc(Cl)c3)c3ccccc3-c3ccc(-c4ccccc4)cc3)c21. The summed E-state index contributed by atoms with van der Waals surface area (Å²) in [6, 6.07) is 51.8. The number of hydrogen-bond acceptors (Lipinski definition) is 1. The largest absolute Gasteiger partial charge is 0.309 e. The molecule has 0 bridgehead atoms. The molecule has 1 nitrogen and oxygen atoms in total. The summed E-state index contributed by atoms with van der Waals surface area (Å²) < 4.78 is 0. The van der Waals surface area contributed by atoms with Crippen LogP contribution in [0.3, 0.4) is 0 Å². The Morgan fingerprint density at radius 1 is 0.488 bits per heavy atom. The van der Waals surface area contributed by atoms with Crippen molar-refractivity contribution in [1.29, 1.82) is 0 Å². The Bertz CT molecular complexity index is 1870. The van der Waals surface area contributed by atoms with Gasteiger partial charge in [-0.25, -0.2) is 0 Å². The van der Waals surface area contributed by atoms with Gasteiger partial charge in [-0.2, -0.15) is 0 Å². The Kier molecular flexibility index (Phi) is 6.26. The molecule has 2 heteroatoms. The maximum Gasteiger partial charge on any atom is 0.0540 e. The van der Waals surface area contributed by atoms with Gasteiger partial charge in [-0.15, -0.1) is 0 Å². The van der Waals surface area contributed by atoms with Crippen molar-refractivity contribution in [2.24, 2.45) is 0 Å². The molecule has 0 heterocycles. The molecular weight excluding hydrogens is 518 g/mol. The second-order valence-electron chi connectivity index (χ2n) is 11.1. The Morgan fingerprint density at radius 3 is 1.85 bits per heavy atom. The minimum Gasteiger partial charge on any atom is -0.309 e. The smallest absolute Gasteiger partial charge is 0.0540 e. The third-order valence-electron chi connectivity index (χ3n) is 8.31. The van der Waals surface area contributed by atoms with Crippen LogP contribution in [0.2, 0.25) is 5.02 Å². The molecule has 0 aromatic heterocycles. The van der Waals surface area contributed by atoms with Gasteiger partial charge in [-0.3, -0.25) is 0 Å². The predicted molar refractivity (Wildman–Crippen MR) is 175 cm³/mol. The van der Waals surface area contributed by atoms with Crippen LogP contribution in [-0.4, -0.2) is 0 Å². The summed E-state index contributed by atoms with van der Waals surface area (Å²) in [4.78, 5) is 2.39. The van der Waals surface area contributed by atoms with Crippen molar-refractivity contribution in [2.45, 2.75) is 19.3 Å². The molecule has 0 unspecified atom stereocenters. The molecule has 6 aromatic rings. The number of benzene rings is 6. The highest BCUT2D eigenvalue weighted by Crippen LogP contribution is 2.54. The lowest BCUT2D eigenvalue weighted by Gasteiger charge is -2.33. The molecule has 198 valence electrons. The summed E-state index contributed by atoms with van der Waals surface area (Å²) in [6.45, 7) is 4.68. The molecule has 0 fully saturated rings. The first-order valence-corrected chi connectivity index (χ1v) is 14.4. The lowest BCUT2D eigenvalue weighted by Crippen LogP contribution is -2.21. The van der Waals surface area contributed by atoms with Gasteiger partial charge in [0.2, 0.25) is 0 Å². The first kappa shape index (κ1) is 25.4. The van der Waals surface area contributed by atoms with Crippen LogP contribution in [0, 0.1) is 0 Å². The zero-order valence-electron chi connectivity index (χ0n) is 23.2. The van der Waals surface area contributed by atoms with Crippen LogP contribution in [0.25, 0.3) is 33.4 Å². The number of nitrogens with zero attached hydrogens (tertiary/aromatic N) is 1. The summed E-state index contributed by atoms with van der Waals surface area (Å²) in [5.74, 6) is 0. The van der Waals surface area contributed by atoms with Crippen molar-refractivity contribution in [3.8, 4) is 33.4 Å². The highest BCUT2D eigenvalue weighted by molar-refractivity contribution is 6.30. The molecule has 0 saturated carbocycles. The van der Waals surface area contributed by atoms with Crippen molar-refractivity contribution < 1.29 is 0 Å². The minimum atomic E-state index is -0.161. The Morgan fingerprint density at radius 2 is 1.07 bits per heavy atom. The van der Waals surface area contributed by atoms with Gasteiger partial charge in [0, 0.05) is 21.7 Å². The molecule has 7 rings (SSSR count). The third-order valence-corrected chi connectivity index (χ3v) is 8.55. The van der Waals surface area contributed by atoms with E-state index < -0.39 is 0 Å². The van der Waals surface area contributed by atoms with Gasteiger partial charge in [0.15, 0.2) is 0 Å². The highest BCUT2D eigenvalue weighted by Gasteiger charge is 2.38. The van der Waals surface area contributed by atoms with E-state index in [1.165, 1.54) is 44.6 Å². The zero-order valence-corrected chi connectivity index (χ0v) is 23.9. The van der Waals surface area contributed by atoms with Crippen LogP contribution in [0.15, 0.2) is 146 Å². The van der Waals surface area contributed by atoms with Gasteiger partial charge in [-0.05, 0) is 69.3 Å². The number of rotatable bonds is 5. The number of hydrogen-bond donors (Lipinski definition) is 0. The van der Waals surface area contributed by atoms with E-state index in [0.29, 0.717) is 5.02 Å². The summed E-state index contributed by atoms with van der Waals surface area (Å²) in [5.41, 5.74) is 13.2. The van der Waals surface area contributed by atoms with Crippen LogP contribution in [0.1, 0.15) is 25.0 Å². The van der Waals surface area contributed by atoms with Crippen molar-refractivity contribution in [1.82, 2.24) is 0 Å². The second-order valence-corrected chi connectivity index (χ2v) is 11.6. The average Bonchev–Trinajstić information content (AvgIpc) is 3.25. The molecule has 0 atom stereocenters. The predicted octanol–water partition coefficient (Wildman–Crippen LogP) is 11.5. The van der Waals surface area contributed by atoms with Crippen molar-refractivity contribution in [2.75, 3.05) is 4.90 Å². The molecule has 0 aliphatic heterocycles. The fraction of sp³-hybridized carbons (Fsp3) is 0.0769. The molecular formula is C39H30ClN. The zero-order chi connectivity index (χ0) is 28.0. The summed E-state index contributed by atoms with van der Waals surface area (Å²) in [7, 11) is 0. The van der Waals surface area contributed by atoms with Gasteiger partial charge in [0.25, 0.3) is 0 Å². The second kappa shape index (κ2) is 10.1. The van der Waals surface area contributed by atoms with Crippen LogP contribution in [0.4, 0.5) is 17.1 Å². The Balaban J connectivity index is 1.44. The Labute approximate surface area is 247 Å². The first-order chi connectivity index (χ1) is 20.0. The van der Waals surface area contributed by atoms with Crippen LogP contribution in [-0.2, 0) is 5.41 Å². The van der Waals surface area contributed by atoms with E-state index in [2.05, 4.69) is 152 Å². The number of halogens is 1. The maximum absolute atomic E-state index is 6.62. The quantitative estimate of drug-likeness (QED) is 0.207. The minimum absolute atomic E-state index is 0.161. The standard InChI is InChI=1S/C39H30ClN/c1-39(2)35-19-8-6-17-33(35)34-18-11-21-37(38(34)39)41(31-15-10-14-30(40)26-31)36-20-9-7-16-32(36)29-24-22-28(23-25-29)27-12-4-3-5-13-27/h3-26H,1-2H3. The lowest BCUT2D eigenvalue weighted by molar-refractivity contribution is 0.661. The average molecular weight is 548 g/mol. The van der Waals surface area contributed by atoms with Gasteiger partial charge >= 0.3 is 0 Å². The highest BCUT2D eigenvalue weighted by atomic mass is 35.5.